The van der Waals surface area contributed by atoms with Crippen molar-refractivity contribution in [2.45, 2.75) is 49.2 Å². The number of rotatable bonds is 1. The van der Waals surface area contributed by atoms with Gasteiger partial charge in [0, 0.05) is 13.0 Å². The Morgan fingerprint density at radius 1 is 0.667 bits per heavy atom. The Morgan fingerprint density at radius 3 is 1.50 bits per heavy atom. The average molecular weight is 457 g/mol. The molecule has 0 N–H and O–H groups in total. The lowest BCUT2D eigenvalue weighted by atomic mass is 9.67. The minimum Gasteiger partial charge on any atom is -0.285 e. The van der Waals surface area contributed by atoms with Gasteiger partial charge in [0.2, 0.25) is 23.6 Å². The van der Waals surface area contributed by atoms with Crippen molar-refractivity contribution < 1.29 is 41.1 Å². The second-order valence-corrected chi connectivity index (χ2v) is 8.91. The van der Waals surface area contributed by atoms with Crippen LogP contribution in [0.15, 0.2) is 0 Å². The number of nitrogens with zero attached hydrogens (tertiary/aromatic N) is 2. The molecule has 12 unspecified atom stereocenters. The maximum atomic E-state index is 15.2. The highest BCUT2D eigenvalue weighted by molar-refractivity contribution is 6.21. The minimum atomic E-state index is -2.51. The topological polar surface area (TPSA) is 74.8 Å². The molecule has 2 aliphatic heterocycles. The van der Waals surface area contributed by atoms with Gasteiger partial charge in [-0.15, -0.1) is 11.6 Å². The zero-order valence-corrected chi connectivity index (χ0v) is 16.5. The number of halogens is 6. The van der Waals surface area contributed by atoms with E-state index in [0.29, 0.717) is 4.90 Å². The summed E-state index contributed by atoms with van der Waals surface area (Å²) in [5, 5.41) is -1.88. The molecule has 6 nitrogen and oxygen atoms in total. The number of carbonyl (C=O) groups excluding carboxylic acids is 4. The second kappa shape index (κ2) is 6.86. The molecule has 12 heteroatoms. The van der Waals surface area contributed by atoms with Crippen LogP contribution in [0.1, 0.15) is 6.92 Å². The number of carbonyl (C=O) groups is 4. The van der Waals surface area contributed by atoms with Crippen molar-refractivity contribution >= 4 is 35.2 Å². The van der Waals surface area contributed by atoms with Crippen molar-refractivity contribution in [3.63, 3.8) is 0 Å². The molecule has 166 valence electrons. The number of fused-ring (bicyclic) bond motifs is 2. The monoisotopic (exact) mass is 456 g/mol. The highest BCUT2D eigenvalue weighted by atomic mass is 35.5. The summed E-state index contributed by atoms with van der Waals surface area (Å²) in [5.74, 6) is -14.0. The Morgan fingerprint density at radius 2 is 1.07 bits per heavy atom. The number of alkyl halides is 6. The van der Waals surface area contributed by atoms with Crippen molar-refractivity contribution in [1.29, 1.82) is 0 Å². The fourth-order valence-electron chi connectivity index (χ4n) is 5.28. The van der Waals surface area contributed by atoms with E-state index < -0.39 is 95.5 Å². The fraction of sp³-hybridized carbons (Fsp3) is 0.778. The molecule has 4 rings (SSSR count). The third kappa shape index (κ3) is 2.47. The van der Waals surface area contributed by atoms with E-state index in [4.69, 9.17) is 11.6 Å². The lowest BCUT2D eigenvalue weighted by Gasteiger charge is -2.42. The van der Waals surface area contributed by atoms with Crippen LogP contribution in [-0.4, -0.2) is 82.8 Å². The van der Waals surface area contributed by atoms with Crippen LogP contribution in [0.5, 0.6) is 0 Å². The summed E-state index contributed by atoms with van der Waals surface area (Å²) < 4.78 is 74.0. The number of hydrogen-bond donors (Lipinski definition) is 0. The Bertz CT molecular complexity index is 770. The number of imide groups is 2. The van der Waals surface area contributed by atoms with Crippen LogP contribution in [-0.2, 0) is 19.2 Å². The van der Waals surface area contributed by atoms with E-state index in [1.165, 1.54) is 0 Å². The van der Waals surface area contributed by atoms with E-state index in [1.807, 2.05) is 0 Å². The summed E-state index contributed by atoms with van der Waals surface area (Å²) in [6, 6.07) is -2.16. The van der Waals surface area contributed by atoms with Gasteiger partial charge in [-0.3, -0.25) is 29.0 Å². The Hall–Kier alpha value is -1.78. The molecule has 0 radical (unpaired) electrons. The molecule has 2 aliphatic carbocycles. The van der Waals surface area contributed by atoms with Crippen LogP contribution in [0.25, 0.3) is 0 Å². The summed E-state index contributed by atoms with van der Waals surface area (Å²) in [6.45, 7) is 1.08. The lowest BCUT2D eigenvalue weighted by molar-refractivity contribution is -0.151. The van der Waals surface area contributed by atoms with E-state index in [2.05, 4.69) is 0 Å². The van der Waals surface area contributed by atoms with Crippen LogP contribution < -0.4 is 0 Å². The molecule has 12 atom stereocenters. The summed E-state index contributed by atoms with van der Waals surface area (Å²) in [4.78, 5) is 50.8. The highest BCUT2D eigenvalue weighted by Gasteiger charge is 2.70. The molecule has 4 aliphatic rings. The molecule has 0 aromatic heterocycles. The molecule has 0 spiro atoms. The third-order valence-corrected chi connectivity index (χ3v) is 7.47. The molecule has 4 fully saturated rings. The predicted molar refractivity (Wildman–Crippen MR) is 90.7 cm³/mol. The first-order chi connectivity index (χ1) is 13.9. The summed E-state index contributed by atoms with van der Waals surface area (Å²) in [6.07, 6.45) is -11.8. The van der Waals surface area contributed by atoms with Crippen molar-refractivity contribution in [3.8, 4) is 0 Å². The van der Waals surface area contributed by atoms with Crippen LogP contribution in [0, 0.1) is 29.6 Å². The van der Waals surface area contributed by atoms with Crippen LogP contribution in [0.4, 0.5) is 22.0 Å². The van der Waals surface area contributed by atoms with Gasteiger partial charge >= 0.3 is 0 Å². The van der Waals surface area contributed by atoms with E-state index in [0.717, 1.165) is 14.0 Å². The van der Waals surface area contributed by atoms with Crippen LogP contribution in [0.3, 0.4) is 0 Å². The zero-order chi connectivity index (χ0) is 22.4. The van der Waals surface area contributed by atoms with Crippen LogP contribution >= 0.6 is 11.6 Å². The van der Waals surface area contributed by atoms with Gasteiger partial charge in [0.05, 0.1) is 29.0 Å². The predicted octanol–water partition coefficient (Wildman–Crippen LogP) is 1.15. The Kier molecular flexibility index (Phi) is 4.91. The van der Waals surface area contributed by atoms with Gasteiger partial charge in [0.15, 0.2) is 0 Å². The van der Waals surface area contributed by atoms with Gasteiger partial charge in [0.1, 0.15) is 36.9 Å². The van der Waals surface area contributed by atoms with Gasteiger partial charge < -0.3 is 0 Å². The molecular formula is C18H18ClF5N2O4. The summed E-state index contributed by atoms with van der Waals surface area (Å²) in [5.41, 5.74) is 0. The molecular weight excluding hydrogens is 439 g/mol. The second-order valence-electron chi connectivity index (χ2n) is 8.40. The fourth-order valence-corrected chi connectivity index (χ4v) is 5.66. The Labute approximate surface area is 172 Å². The first-order valence-electron chi connectivity index (χ1n) is 9.46. The summed E-state index contributed by atoms with van der Waals surface area (Å²) in [7, 11) is 1.03. The summed E-state index contributed by atoms with van der Waals surface area (Å²) >= 11 is 5.68. The molecule has 0 aromatic carbocycles. The highest BCUT2D eigenvalue weighted by Crippen LogP contribution is 2.51. The van der Waals surface area contributed by atoms with Crippen molar-refractivity contribution in [1.82, 2.24) is 9.80 Å². The number of likely N-dealkylation sites (tertiary alicyclic amines) is 2. The average Bonchev–Trinajstić information content (AvgIpc) is 3.10. The SMILES string of the molecule is CC1C(F)C(Cl)C(F)C(N2C(=O)C3C(F)C4C(=O)N(C)C(=O)C4C(F)C3C2=O)C1F. The standard InChI is InChI=1S/C18H18ClF5N2O4/c1-3-9(20)8(19)13(24)14(10(3)21)26-17(29)6-7(18(26)30)12(23)5-4(11(6)22)15(27)25(2)16(5)28/h3-14H,1-2H3. The van der Waals surface area contributed by atoms with Gasteiger partial charge in [-0.05, 0) is 0 Å². The van der Waals surface area contributed by atoms with E-state index in [9.17, 15) is 32.3 Å². The maximum absolute atomic E-state index is 15.2. The largest absolute Gasteiger partial charge is 0.285 e. The van der Waals surface area contributed by atoms with E-state index >= 15 is 8.78 Å². The molecule has 0 aromatic rings. The molecule has 2 saturated carbocycles. The van der Waals surface area contributed by atoms with E-state index in [1.54, 1.807) is 0 Å². The molecule has 30 heavy (non-hydrogen) atoms. The first-order valence-corrected chi connectivity index (χ1v) is 9.89. The zero-order valence-electron chi connectivity index (χ0n) is 15.7. The quantitative estimate of drug-likeness (QED) is 0.337. The van der Waals surface area contributed by atoms with Gasteiger partial charge in [-0.2, -0.15) is 0 Å². The van der Waals surface area contributed by atoms with Crippen molar-refractivity contribution in [3.05, 3.63) is 0 Å². The molecule has 2 saturated heterocycles. The Balaban J connectivity index is 1.73. The minimum absolute atomic E-state index is 0.0985. The van der Waals surface area contributed by atoms with Gasteiger partial charge in [-0.1, -0.05) is 6.92 Å². The molecule has 2 heterocycles. The van der Waals surface area contributed by atoms with Crippen molar-refractivity contribution in [2.24, 2.45) is 29.6 Å². The maximum Gasteiger partial charge on any atom is 0.236 e. The normalized spacial score (nSPS) is 51.5. The number of hydrogen-bond acceptors (Lipinski definition) is 4. The smallest absolute Gasteiger partial charge is 0.236 e. The number of amides is 4. The first kappa shape index (κ1) is 21.5. The molecule has 0 bridgehead atoms. The van der Waals surface area contributed by atoms with E-state index in [-0.39, 0.29) is 4.90 Å². The van der Waals surface area contributed by atoms with Gasteiger partial charge in [0.25, 0.3) is 0 Å². The molecule has 4 amide bonds. The van der Waals surface area contributed by atoms with Gasteiger partial charge in [-0.25, -0.2) is 22.0 Å². The van der Waals surface area contributed by atoms with Crippen LogP contribution in [0.2, 0.25) is 0 Å². The van der Waals surface area contributed by atoms with Crippen molar-refractivity contribution in [2.75, 3.05) is 7.05 Å². The third-order valence-electron chi connectivity index (χ3n) is 6.99. The lowest BCUT2D eigenvalue weighted by Crippen LogP contribution is -2.62.